The number of hydrogen-bond donors (Lipinski definition) is 2. The summed E-state index contributed by atoms with van der Waals surface area (Å²) in [6, 6.07) is 0. The molecule has 1 aliphatic rings. The molecule has 0 aromatic heterocycles. The summed E-state index contributed by atoms with van der Waals surface area (Å²) in [7, 11) is 0. The van der Waals surface area contributed by atoms with Gasteiger partial charge in [-0.3, -0.25) is 0 Å². The molecule has 1 rings (SSSR count). The molecule has 0 heterocycles. The molecule has 0 aromatic carbocycles. The van der Waals surface area contributed by atoms with E-state index in [1.807, 2.05) is 0 Å². The molecular formula is C9H19NO. The Labute approximate surface area is 69.0 Å². The second-order valence-corrected chi connectivity index (χ2v) is 3.55. The first-order valence-corrected chi connectivity index (χ1v) is 4.80. The molecule has 0 aliphatic heterocycles. The smallest absolute Gasteiger partial charge is 0.0210 e. The van der Waals surface area contributed by atoms with Crippen molar-refractivity contribution in [2.45, 2.75) is 44.9 Å². The van der Waals surface area contributed by atoms with E-state index >= 15 is 0 Å². The maximum atomic E-state index is 8.42. The van der Waals surface area contributed by atoms with Gasteiger partial charge in [-0.2, -0.15) is 0 Å². The van der Waals surface area contributed by atoms with Gasteiger partial charge in [0.1, 0.15) is 0 Å². The Morgan fingerprint density at radius 1 is 1.09 bits per heavy atom. The predicted molar refractivity (Wildman–Crippen MR) is 45.6 cm³/mol. The van der Waals surface area contributed by atoms with Crippen LogP contribution in [0.2, 0.25) is 0 Å². The van der Waals surface area contributed by atoms with E-state index in [1.54, 1.807) is 0 Å². The maximum absolute atomic E-state index is 8.42. The molecule has 0 saturated heterocycles. The van der Waals surface area contributed by atoms with Gasteiger partial charge in [-0.15, -0.1) is 0 Å². The van der Waals surface area contributed by atoms with Gasteiger partial charge >= 0.3 is 0 Å². The van der Waals surface area contributed by atoms with Gasteiger partial charge in [-0.25, -0.2) is 5.48 Å². The minimum absolute atomic E-state index is 0.769. The van der Waals surface area contributed by atoms with Gasteiger partial charge in [-0.1, -0.05) is 38.5 Å². The number of nitrogens with one attached hydrogen (secondary N) is 1. The van der Waals surface area contributed by atoms with E-state index in [0.717, 1.165) is 18.9 Å². The van der Waals surface area contributed by atoms with E-state index in [0.29, 0.717) is 0 Å². The third-order valence-corrected chi connectivity index (χ3v) is 2.64. The molecule has 1 saturated carbocycles. The first kappa shape index (κ1) is 9.01. The van der Waals surface area contributed by atoms with Crippen LogP contribution in [0.3, 0.4) is 0 Å². The summed E-state index contributed by atoms with van der Waals surface area (Å²) in [4.78, 5) is 0. The fraction of sp³-hybridized carbons (Fsp3) is 1.00. The molecule has 0 aromatic rings. The highest BCUT2D eigenvalue weighted by atomic mass is 16.5. The van der Waals surface area contributed by atoms with Gasteiger partial charge in [0.2, 0.25) is 0 Å². The summed E-state index contributed by atoms with van der Waals surface area (Å²) in [5, 5.41) is 8.42. The molecule has 11 heavy (non-hydrogen) atoms. The molecule has 2 N–H and O–H groups in total. The van der Waals surface area contributed by atoms with Crippen LogP contribution in [-0.4, -0.2) is 11.8 Å². The van der Waals surface area contributed by atoms with Crippen LogP contribution in [0, 0.1) is 5.92 Å². The van der Waals surface area contributed by atoms with Gasteiger partial charge in [0.15, 0.2) is 0 Å². The van der Waals surface area contributed by atoms with Crippen molar-refractivity contribution in [2.24, 2.45) is 5.92 Å². The topological polar surface area (TPSA) is 32.3 Å². The Morgan fingerprint density at radius 2 is 1.73 bits per heavy atom. The standard InChI is InChI=1S/C9H19NO/c11-10-8-7-9-5-3-1-2-4-6-9/h9-11H,1-8H2. The third kappa shape index (κ3) is 3.73. The van der Waals surface area contributed by atoms with Crippen LogP contribution >= 0.6 is 0 Å². The summed E-state index contributed by atoms with van der Waals surface area (Å²) < 4.78 is 0. The Hall–Kier alpha value is -0.0800. The number of rotatable bonds is 3. The average molecular weight is 157 g/mol. The highest BCUT2D eigenvalue weighted by molar-refractivity contribution is 4.64. The van der Waals surface area contributed by atoms with Crippen LogP contribution in [0.5, 0.6) is 0 Å². The van der Waals surface area contributed by atoms with Gasteiger partial charge in [0.25, 0.3) is 0 Å². The van der Waals surface area contributed by atoms with Crippen LogP contribution < -0.4 is 5.48 Å². The lowest BCUT2D eigenvalue weighted by Crippen LogP contribution is -2.13. The average Bonchev–Trinajstić information content (AvgIpc) is 2.28. The van der Waals surface area contributed by atoms with Gasteiger partial charge in [0, 0.05) is 6.54 Å². The molecule has 66 valence electrons. The summed E-state index contributed by atoms with van der Waals surface area (Å²) in [5.74, 6) is 0.872. The normalized spacial score (nSPS) is 21.5. The maximum Gasteiger partial charge on any atom is 0.0210 e. The fourth-order valence-electron chi connectivity index (χ4n) is 1.92. The Balaban J connectivity index is 2.09. The SMILES string of the molecule is ONCCC1CCCCCC1. The molecule has 0 radical (unpaired) electrons. The second kappa shape index (κ2) is 5.56. The van der Waals surface area contributed by atoms with Crippen LogP contribution in [0.25, 0.3) is 0 Å². The molecule has 0 bridgehead atoms. The largest absolute Gasteiger partial charge is 0.317 e. The van der Waals surface area contributed by atoms with Crippen LogP contribution in [0.15, 0.2) is 0 Å². The molecule has 1 aliphatic carbocycles. The lowest BCUT2D eigenvalue weighted by atomic mass is 9.97. The zero-order chi connectivity index (χ0) is 7.94. The van der Waals surface area contributed by atoms with Crippen molar-refractivity contribution in [2.75, 3.05) is 6.54 Å². The van der Waals surface area contributed by atoms with Crippen molar-refractivity contribution in [1.82, 2.24) is 5.48 Å². The van der Waals surface area contributed by atoms with E-state index < -0.39 is 0 Å². The molecule has 0 unspecified atom stereocenters. The van der Waals surface area contributed by atoms with Crippen LogP contribution in [0.1, 0.15) is 44.9 Å². The van der Waals surface area contributed by atoms with Gasteiger partial charge < -0.3 is 5.21 Å². The Morgan fingerprint density at radius 3 is 2.27 bits per heavy atom. The summed E-state index contributed by atoms with van der Waals surface area (Å²) in [6.45, 7) is 0.769. The minimum atomic E-state index is 0.769. The van der Waals surface area contributed by atoms with Gasteiger partial charge in [0.05, 0.1) is 0 Å². The highest BCUT2D eigenvalue weighted by Crippen LogP contribution is 2.24. The van der Waals surface area contributed by atoms with Crippen LogP contribution in [-0.2, 0) is 0 Å². The minimum Gasteiger partial charge on any atom is -0.317 e. The van der Waals surface area contributed by atoms with E-state index in [-0.39, 0.29) is 0 Å². The van der Waals surface area contributed by atoms with E-state index in [2.05, 4.69) is 5.48 Å². The molecule has 2 nitrogen and oxygen atoms in total. The second-order valence-electron chi connectivity index (χ2n) is 3.55. The molecule has 1 fully saturated rings. The molecule has 0 amide bonds. The van der Waals surface area contributed by atoms with Gasteiger partial charge in [-0.05, 0) is 12.3 Å². The lowest BCUT2D eigenvalue weighted by Gasteiger charge is -2.11. The number of hydroxylamine groups is 1. The molecular weight excluding hydrogens is 138 g/mol. The third-order valence-electron chi connectivity index (χ3n) is 2.64. The Kier molecular flexibility index (Phi) is 4.55. The fourth-order valence-corrected chi connectivity index (χ4v) is 1.92. The van der Waals surface area contributed by atoms with Crippen molar-refractivity contribution >= 4 is 0 Å². The monoisotopic (exact) mass is 157 g/mol. The predicted octanol–water partition coefficient (Wildman–Crippen LogP) is 2.33. The summed E-state index contributed by atoms with van der Waals surface area (Å²) >= 11 is 0. The zero-order valence-corrected chi connectivity index (χ0v) is 7.18. The first-order valence-electron chi connectivity index (χ1n) is 4.80. The molecule has 0 spiro atoms. The summed E-state index contributed by atoms with van der Waals surface area (Å²) in [5.41, 5.74) is 2.24. The van der Waals surface area contributed by atoms with E-state index in [1.165, 1.54) is 38.5 Å². The highest BCUT2D eigenvalue weighted by Gasteiger charge is 2.10. The van der Waals surface area contributed by atoms with Crippen molar-refractivity contribution in [3.8, 4) is 0 Å². The molecule has 2 heteroatoms. The van der Waals surface area contributed by atoms with E-state index in [4.69, 9.17) is 5.21 Å². The Bertz CT molecular complexity index is 87.6. The van der Waals surface area contributed by atoms with Crippen LogP contribution in [0.4, 0.5) is 0 Å². The molecule has 0 atom stereocenters. The zero-order valence-electron chi connectivity index (χ0n) is 7.18. The van der Waals surface area contributed by atoms with Crippen molar-refractivity contribution in [3.05, 3.63) is 0 Å². The van der Waals surface area contributed by atoms with E-state index in [9.17, 15) is 0 Å². The first-order chi connectivity index (χ1) is 5.43. The van der Waals surface area contributed by atoms with Crippen molar-refractivity contribution < 1.29 is 5.21 Å². The number of hydrogen-bond acceptors (Lipinski definition) is 2. The van der Waals surface area contributed by atoms with Crippen molar-refractivity contribution in [1.29, 1.82) is 0 Å². The lowest BCUT2D eigenvalue weighted by molar-refractivity contribution is 0.157. The quantitative estimate of drug-likeness (QED) is 0.487. The summed E-state index contributed by atoms with van der Waals surface area (Å²) in [6.07, 6.45) is 9.54. The van der Waals surface area contributed by atoms with Crippen molar-refractivity contribution in [3.63, 3.8) is 0 Å².